The first-order valence-corrected chi connectivity index (χ1v) is 12.7. The number of rotatable bonds is 7. The molecule has 0 amide bonds. The van der Waals surface area contributed by atoms with Gasteiger partial charge in [0, 0.05) is 26.7 Å². The van der Waals surface area contributed by atoms with Crippen molar-refractivity contribution in [1.82, 2.24) is 0 Å². The largest absolute Gasteiger partial charge is 0.497 e. The van der Waals surface area contributed by atoms with Crippen molar-refractivity contribution in [3.63, 3.8) is 0 Å². The Labute approximate surface area is 217 Å². The van der Waals surface area contributed by atoms with Gasteiger partial charge in [-0.2, -0.15) is 0 Å². The lowest BCUT2D eigenvalue weighted by atomic mass is 9.98. The second kappa shape index (κ2) is 10.3. The molecule has 0 N–H and O–H groups in total. The van der Waals surface area contributed by atoms with Crippen LogP contribution in [0.3, 0.4) is 0 Å². The predicted molar refractivity (Wildman–Crippen MR) is 152 cm³/mol. The Bertz CT molecular complexity index is 1400. The Kier molecular flexibility index (Phi) is 6.79. The fraction of sp³-hybridized carbons (Fsp3) is 0.125. The summed E-state index contributed by atoms with van der Waals surface area (Å²) in [7, 11) is 3.38. The quantitative estimate of drug-likeness (QED) is 0.226. The van der Waals surface area contributed by atoms with Gasteiger partial charge in [0.25, 0.3) is 0 Å². The predicted octanol–water partition coefficient (Wildman–Crippen LogP) is 9.19. The van der Waals surface area contributed by atoms with Gasteiger partial charge in [0.05, 0.1) is 19.9 Å². The topological polar surface area (TPSA) is 21.7 Å². The third-order valence-corrected chi connectivity index (χ3v) is 7.33. The second-order valence-corrected chi connectivity index (χ2v) is 10.0. The van der Waals surface area contributed by atoms with Crippen LogP contribution in [0.2, 0.25) is 0 Å². The van der Waals surface area contributed by atoms with Crippen LogP contribution in [-0.4, -0.2) is 14.2 Å². The molecule has 1 aromatic heterocycles. The van der Waals surface area contributed by atoms with Crippen LogP contribution in [0.15, 0.2) is 103 Å². The average molecular weight is 492 g/mol. The van der Waals surface area contributed by atoms with Crippen LogP contribution in [0.5, 0.6) is 11.5 Å². The van der Waals surface area contributed by atoms with Gasteiger partial charge in [-0.3, -0.25) is 0 Å². The van der Waals surface area contributed by atoms with E-state index >= 15 is 0 Å². The minimum Gasteiger partial charge on any atom is -0.497 e. The molecule has 4 aromatic carbocycles. The highest BCUT2D eigenvalue weighted by Crippen LogP contribution is 2.42. The van der Waals surface area contributed by atoms with E-state index in [4.69, 9.17) is 9.47 Å². The molecule has 0 spiro atoms. The number of hydrogen-bond donors (Lipinski definition) is 0. The van der Waals surface area contributed by atoms with Crippen molar-refractivity contribution >= 4 is 28.4 Å². The van der Waals surface area contributed by atoms with Crippen molar-refractivity contribution in [2.45, 2.75) is 13.8 Å². The van der Waals surface area contributed by atoms with Crippen LogP contribution in [-0.2, 0) is 0 Å². The first-order valence-electron chi connectivity index (χ1n) is 11.9. The Balaban J connectivity index is 1.63. The SMILES string of the molecule is COc1ccc(N(c2ccc(OC)cc2)c2cc(C)ccc2-c2ccc(-c3ccc(C)s3)cc2)cc1. The van der Waals surface area contributed by atoms with Crippen molar-refractivity contribution in [2.75, 3.05) is 19.1 Å². The van der Waals surface area contributed by atoms with E-state index in [-0.39, 0.29) is 0 Å². The molecule has 0 aliphatic heterocycles. The Morgan fingerprint density at radius 3 is 1.64 bits per heavy atom. The van der Waals surface area contributed by atoms with Gasteiger partial charge < -0.3 is 14.4 Å². The number of benzene rings is 4. The number of hydrogen-bond acceptors (Lipinski definition) is 4. The zero-order valence-corrected chi connectivity index (χ0v) is 21.8. The summed E-state index contributed by atoms with van der Waals surface area (Å²) in [4.78, 5) is 4.91. The molecule has 5 aromatic rings. The lowest BCUT2D eigenvalue weighted by Crippen LogP contribution is -2.11. The number of ether oxygens (including phenoxy) is 2. The first kappa shape index (κ1) is 23.7. The van der Waals surface area contributed by atoms with Gasteiger partial charge in [-0.05, 0) is 97.3 Å². The minimum atomic E-state index is 0.831. The van der Waals surface area contributed by atoms with Gasteiger partial charge >= 0.3 is 0 Å². The molecule has 5 rings (SSSR count). The average Bonchev–Trinajstić information content (AvgIpc) is 3.36. The first-order chi connectivity index (χ1) is 17.6. The van der Waals surface area contributed by atoms with Gasteiger partial charge in [-0.25, -0.2) is 0 Å². The number of thiophene rings is 1. The molecule has 0 saturated heterocycles. The summed E-state index contributed by atoms with van der Waals surface area (Å²) < 4.78 is 10.8. The number of nitrogens with zero attached hydrogens (tertiary/aromatic N) is 1. The maximum Gasteiger partial charge on any atom is 0.119 e. The van der Waals surface area contributed by atoms with E-state index in [1.54, 1.807) is 14.2 Å². The van der Waals surface area contributed by atoms with Crippen molar-refractivity contribution in [1.29, 1.82) is 0 Å². The molecule has 0 fully saturated rings. The molecular weight excluding hydrogens is 462 g/mol. The van der Waals surface area contributed by atoms with Crippen molar-refractivity contribution in [2.24, 2.45) is 0 Å². The third kappa shape index (κ3) is 4.86. The van der Waals surface area contributed by atoms with Crippen molar-refractivity contribution in [3.8, 4) is 33.1 Å². The van der Waals surface area contributed by atoms with Crippen LogP contribution in [0.1, 0.15) is 10.4 Å². The van der Waals surface area contributed by atoms with Gasteiger partial charge in [0.15, 0.2) is 0 Å². The standard InChI is InChI=1S/C32H29NO2S/c1-22-5-19-30(24-7-9-25(10-8-24)32-20-6-23(2)36-32)31(21-22)33(26-11-15-28(34-3)16-12-26)27-13-17-29(35-4)18-14-27/h5-21H,1-4H3. The van der Waals surface area contributed by atoms with E-state index in [2.05, 4.69) is 97.6 Å². The van der Waals surface area contributed by atoms with E-state index in [9.17, 15) is 0 Å². The summed E-state index contributed by atoms with van der Waals surface area (Å²) in [6, 6.07) is 36.3. The van der Waals surface area contributed by atoms with Gasteiger partial charge in [-0.1, -0.05) is 36.4 Å². The summed E-state index contributed by atoms with van der Waals surface area (Å²) in [6.07, 6.45) is 0. The van der Waals surface area contributed by atoms with Gasteiger partial charge in [0.2, 0.25) is 0 Å². The molecule has 0 unspecified atom stereocenters. The fourth-order valence-electron chi connectivity index (χ4n) is 4.36. The Morgan fingerprint density at radius 2 is 1.14 bits per heavy atom. The highest BCUT2D eigenvalue weighted by Gasteiger charge is 2.18. The third-order valence-electron chi connectivity index (χ3n) is 6.28. The lowest BCUT2D eigenvalue weighted by molar-refractivity contribution is 0.415. The number of methoxy groups -OCH3 is 2. The Morgan fingerprint density at radius 1 is 0.583 bits per heavy atom. The van der Waals surface area contributed by atoms with E-state index in [1.807, 2.05) is 35.6 Å². The van der Waals surface area contributed by atoms with Crippen molar-refractivity contribution < 1.29 is 9.47 Å². The maximum atomic E-state index is 5.42. The molecular formula is C32H29NO2S. The highest BCUT2D eigenvalue weighted by molar-refractivity contribution is 7.15. The highest BCUT2D eigenvalue weighted by atomic mass is 32.1. The fourth-order valence-corrected chi connectivity index (χ4v) is 5.24. The smallest absolute Gasteiger partial charge is 0.119 e. The van der Waals surface area contributed by atoms with Crippen LogP contribution < -0.4 is 14.4 Å². The zero-order chi connectivity index (χ0) is 25.1. The maximum absolute atomic E-state index is 5.42. The van der Waals surface area contributed by atoms with E-state index in [0.717, 1.165) is 28.6 Å². The summed E-state index contributed by atoms with van der Waals surface area (Å²) in [5.74, 6) is 1.66. The monoisotopic (exact) mass is 491 g/mol. The van der Waals surface area contributed by atoms with E-state index < -0.39 is 0 Å². The van der Waals surface area contributed by atoms with Crippen LogP contribution >= 0.6 is 11.3 Å². The van der Waals surface area contributed by atoms with E-state index in [1.165, 1.54) is 32.0 Å². The summed E-state index contributed by atoms with van der Waals surface area (Å²) in [5, 5.41) is 0. The zero-order valence-electron chi connectivity index (χ0n) is 21.0. The molecule has 0 radical (unpaired) electrons. The van der Waals surface area contributed by atoms with Crippen LogP contribution in [0.25, 0.3) is 21.6 Å². The number of aryl methyl sites for hydroxylation is 2. The minimum absolute atomic E-state index is 0.831. The summed E-state index contributed by atoms with van der Waals surface area (Å²) in [5.41, 5.74) is 8.01. The molecule has 0 atom stereocenters. The lowest BCUT2D eigenvalue weighted by Gasteiger charge is -2.28. The molecule has 0 bridgehead atoms. The molecule has 1 heterocycles. The van der Waals surface area contributed by atoms with Gasteiger partial charge in [0.1, 0.15) is 11.5 Å². The molecule has 3 nitrogen and oxygen atoms in total. The number of anilines is 3. The van der Waals surface area contributed by atoms with Crippen molar-refractivity contribution in [3.05, 3.63) is 114 Å². The normalized spacial score (nSPS) is 10.8. The van der Waals surface area contributed by atoms with E-state index in [0.29, 0.717) is 0 Å². The molecule has 4 heteroatoms. The van der Waals surface area contributed by atoms with Crippen LogP contribution in [0.4, 0.5) is 17.1 Å². The molecule has 0 saturated carbocycles. The summed E-state index contributed by atoms with van der Waals surface area (Å²) in [6.45, 7) is 4.28. The second-order valence-electron chi connectivity index (χ2n) is 8.74. The van der Waals surface area contributed by atoms with Crippen LogP contribution in [0, 0.1) is 13.8 Å². The summed E-state index contributed by atoms with van der Waals surface area (Å²) >= 11 is 1.82. The molecule has 0 aliphatic rings. The van der Waals surface area contributed by atoms with Gasteiger partial charge in [-0.15, -0.1) is 11.3 Å². The molecule has 36 heavy (non-hydrogen) atoms. The Hall–Kier alpha value is -4.02. The molecule has 180 valence electrons. The molecule has 0 aliphatic carbocycles.